The Hall–Kier alpha value is -4.85. The van der Waals surface area contributed by atoms with E-state index in [1.165, 1.54) is 9.08 Å². The van der Waals surface area contributed by atoms with E-state index in [-0.39, 0.29) is 18.0 Å². The molecule has 0 aliphatic heterocycles. The van der Waals surface area contributed by atoms with Crippen LogP contribution in [0.3, 0.4) is 0 Å². The Morgan fingerprint density at radius 1 is 0.892 bits per heavy atom. The summed E-state index contributed by atoms with van der Waals surface area (Å²) in [6.07, 6.45) is 3.23. The first-order chi connectivity index (χ1) is 18.1. The maximum atomic E-state index is 13.0. The first kappa shape index (κ1) is 23.9. The van der Waals surface area contributed by atoms with Gasteiger partial charge >= 0.3 is 0 Å². The summed E-state index contributed by atoms with van der Waals surface area (Å²) in [6, 6.07) is 26.3. The zero-order chi connectivity index (χ0) is 25.6. The molecule has 2 aromatic heterocycles. The largest absolute Gasteiger partial charge is 0.494 e. The Labute approximate surface area is 213 Å². The predicted octanol–water partition coefficient (Wildman–Crippen LogP) is 4.78. The number of rotatable bonds is 9. The highest BCUT2D eigenvalue weighted by atomic mass is 16.5. The van der Waals surface area contributed by atoms with E-state index in [1.807, 2.05) is 61.5 Å². The van der Waals surface area contributed by atoms with Crippen molar-refractivity contribution in [2.75, 3.05) is 11.9 Å². The van der Waals surface area contributed by atoms with Crippen LogP contribution in [-0.4, -0.2) is 26.7 Å². The van der Waals surface area contributed by atoms with E-state index in [1.54, 1.807) is 42.7 Å². The lowest BCUT2D eigenvalue weighted by atomic mass is 10.1. The first-order valence-corrected chi connectivity index (χ1v) is 12.0. The maximum absolute atomic E-state index is 13.0. The molecule has 3 aromatic carbocycles. The van der Waals surface area contributed by atoms with Crippen LogP contribution in [0.15, 0.2) is 102 Å². The molecule has 1 amide bonds. The Kier molecular flexibility index (Phi) is 6.98. The lowest BCUT2D eigenvalue weighted by Crippen LogP contribution is -2.28. The third-order valence-electron chi connectivity index (χ3n) is 5.76. The number of nitrogens with one attached hydrogen (secondary N) is 1. The number of fused-ring (bicyclic) bond motifs is 1. The summed E-state index contributed by atoms with van der Waals surface area (Å²) < 4.78 is 14.2. The topological polar surface area (TPSA) is 86.9 Å². The number of carbonyl (C=O) groups is 1. The maximum Gasteiger partial charge on any atom is 0.277 e. The average molecular weight is 495 g/mol. The molecule has 37 heavy (non-hydrogen) atoms. The third kappa shape index (κ3) is 5.70. The molecule has 0 saturated carbocycles. The van der Waals surface area contributed by atoms with Gasteiger partial charge in [-0.2, -0.15) is 5.10 Å². The minimum Gasteiger partial charge on any atom is -0.494 e. The van der Waals surface area contributed by atoms with Crippen LogP contribution < -0.4 is 20.3 Å². The van der Waals surface area contributed by atoms with Crippen molar-refractivity contribution in [1.29, 1.82) is 0 Å². The number of ether oxygens (including phenoxy) is 2. The lowest BCUT2D eigenvalue weighted by Gasteiger charge is -2.09. The van der Waals surface area contributed by atoms with Gasteiger partial charge in [0.15, 0.2) is 0 Å². The number of carbonyl (C=O) groups excluding carboxylic acids is 1. The van der Waals surface area contributed by atoms with Crippen LogP contribution in [0.1, 0.15) is 12.5 Å². The molecular weight excluding hydrogens is 468 g/mol. The minimum atomic E-state index is -0.310. The SMILES string of the molecule is CCOc1ccc(-c2cc3c(=O)n(CC(=O)Nc4ccc(OCc5ccccc5)cc4)ccn3n2)cc1. The summed E-state index contributed by atoms with van der Waals surface area (Å²) in [6.45, 7) is 2.87. The summed E-state index contributed by atoms with van der Waals surface area (Å²) in [7, 11) is 0. The van der Waals surface area contributed by atoms with Crippen LogP contribution in [-0.2, 0) is 17.9 Å². The van der Waals surface area contributed by atoms with Crippen molar-refractivity contribution in [1.82, 2.24) is 14.2 Å². The number of benzene rings is 3. The van der Waals surface area contributed by atoms with Gasteiger partial charge < -0.3 is 19.4 Å². The van der Waals surface area contributed by atoms with E-state index in [0.717, 1.165) is 16.9 Å². The summed E-state index contributed by atoms with van der Waals surface area (Å²) in [5.41, 5.74) is 3.32. The van der Waals surface area contributed by atoms with Gasteiger partial charge in [0, 0.05) is 23.6 Å². The normalized spacial score (nSPS) is 10.8. The van der Waals surface area contributed by atoms with Gasteiger partial charge in [0.25, 0.3) is 5.56 Å². The molecule has 5 aromatic rings. The summed E-state index contributed by atoms with van der Waals surface area (Å²) in [5, 5.41) is 7.33. The Morgan fingerprint density at radius 2 is 1.59 bits per heavy atom. The number of nitrogens with zero attached hydrogens (tertiary/aromatic N) is 3. The Morgan fingerprint density at radius 3 is 2.32 bits per heavy atom. The highest BCUT2D eigenvalue weighted by Crippen LogP contribution is 2.22. The van der Waals surface area contributed by atoms with Crippen molar-refractivity contribution in [2.45, 2.75) is 20.1 Å². The summed E-state index contributed by atoms with van der Waals surface area (Å²) in [4.78, 5) is 25.7. The van der Waals surface area contributed by atoms with E-state index in [4.69, 9.17) is 9.47 Å². The van der Waals surface area contributed by atoms with E-state index in [9.17, 15) is 9.59 Å². The highest BCUT2D eigenvalue weighted by Gasteiger charge is 2.12. The smallest absolute Gasteiger partial charge is 0.277 e. The predicted molar refractivity (Wildman–Crippen MR) is 142 cm³/mol. The van der Waals surface area contributed by atoms with Crippen molar-refractivity contribution in [3.8, 4) is 22.8 Å². The molecule has 8 heteroatoms. The molecular formula is C29H26N4O4. The molecule has 0 saturated heterocycles. The average Bonchev–Trinajstić information content (AvgIpc) is 3.36. The standard InChI is InChI=1S/C29H26N4O4/c1-2-36-24-12-8-22(9-13-24)26-18-27-29(35)32(16-17-33(27)31-26)19-28(34)30-23-10-14-25(15-11-23)37-20-21-6-4-3-5-7-21/h3-18H,2,19-20H2,1H3,(H,30,34). The molecule has 0 fully saturated rings. The third-order valence-corrected chi connectivity index (χ3v) is 5.76. The van der Waals surface area contributed by atoms with Crippen LogP contribution >= 0.6 is 0 Å². The number of amides is 1. The number of aromatic nitrogens is 3. The molecule has 0 atom stereocenters. The molecule has 0 aliphatic rings. The van der Waals surface area contributed by atoms with Crippen molar-refractivity contribution >= 4 is 17.1 Å². The lowest BCUT2D eigenvalue weighted by molar-refractivity contribution is -0.116. The number of hydrogen-bond donors (Lipinski definition) is 1. The quantitative estimate of drug-likeness (QED) is 0.319. The molecule has 0 spiro atoms. The molecule has 1 N–H and O–H groups in total. The Balaban J connectivity index is 1.23. The van der Waals surface area contributed by atoms with E-state index in [2.05, 4.69) is 10.4 Å². The fourth-order valence-corrected chi connectivity index (χ4v) is 3.91. The van der Waals surface area contributed by atoms with Gasteiger partial charge in [0.05, 0.1) is 12.3 Å². The molecule has 186 valence electrons. The van der Waals surface area contributed by atoms with Gasteiger partial charge in [-0.25, -0.2) is 4.52 Å². The van der Waals surface area contributed by atoms with Crippen molar-refractivity contribution < 1.29 is 14.3 Å². The van der Waals surface area contributed by atoms with Gasteiger partial charge in [-0.05, 0) is 67.1 Å². The molecule has 0 unspecified atom stereocenters. The number of hydrogen-bond acceptors (Lipinski definition) is 5. The Bertz CT molecular complexity index is 1560. The highest BCUT2D eigenvalue weighted by molar-refractivity contribution is 5.90. The van der Waals surface area contributed by atoms with Crippen molar-refractivity contribution in [3.05, 3.63) is 113 Å². The monoisotopic (exact) mass is 494 g/mol. The van der Waals surface area contributed by atoms with E-state index >= 15 is 0 Å². The molecule has 2 heterocycles. The van der Waals surface area contributed by atoms with Crippen LogP contribution in [0.2, 0.25) is 0 Å². The van der Waals surface area contributed by atoms with Crippen molar-refractivity contribution in [3.63, 3.8) is 0 Å². The summed E-state index contributed by atoms with van der Waals surface area (Å²) >= 11 is 0. The zero-order valence-electron chi connectivity index (χ0n) is 20.3. The van der Waals surface area contributed by atoms with Crippen LogP contribution in [0, 0.1) is 0 Å². The second-order valence-electron chi connectivity index (χ2n) is 8.39. The van der Waals surface area contributed by atoms with E-state index < -0.39 is 0 Å². The fraction of sp³-hybridized carbons (Fsp3) is 0.138. The molecule has 5 rings (SSSR count). The van der Waals surface area contributed by atoms with Crippen molar-refractivity contribution in [2.24, 2.45) is 0 Å². The fourth-order valence-electron chi connectivity index (χ4n) is 3.91. The molecule has 0 radical (unpaired) electrons. The summed E-state index contributed by atoms with van der Waals surface area (Å²) in [5.74, 6) is 1.17. The van der Waals surface area contributed by atoms with Crippen LogP contribution in [0.4, 0.5) is 5.69 Å². The van der Waals surface area contributed by atoms with Gasteiger partial charge in [0.2, 0.25) is 5.91 Å². The van der Waals surface area contributed by atoms with Gasteiger partial charge in [0.1, 0.15) is 30.2 Å². The van der Waals surface area contributed by atoms with Gasteiger partial charge in [-0.3, -0.25) is 9.59 Å². The van der Waals surface area contributed by atoms with Crippen LogP contribution in [0.5, 0.6) is 11.5 Å². The minimum absolute atomic E-state index is 0.120. The number of anilines is 1. The van der Waals surface area contributed by atoms with Gasteiger partial charge in [-0.1, -0.05) is 30.3 Å². The second-order valence-corrected chi connectivity index (χ2v) is 8.39. The molecule has 0 aliphatic carbocycles. The molecule has 0 bridgehead atoms. The second kappa shape index (κ2) is 10.8. The molecule has 8 nitrogen and oxygen atoms in total. The van der Waals surface area contributed by atoms with E-state index in [0.29, 0.717) is 35.9 Å². The van der Waals surface area contributed by atoms with Gasteiger partial charge in [-0.15, -0.1) is 0 Å². The van der Waals surface area contributed by atoms with Crippen LogP contribution in [0.25, 0.3) is 16.8 Å². The first-order valence-electron chi connectivity index (χ1n) is 12.0. The zero-order valence-corrected chi connectivity index (χ0v) is 20.3.